The van der Waals surface area contributed by atoms with Gasteiger partial charge in [0, 0.05) is 19.2 Å². The molecule has 1 aliphatic rings. The summed E-state index contributed by atoms with van der Waals surface area (Å²) in [6.07, 6.45) is 3.59. The molecule has 3 unspecified atom stereocenters. The maximum absolute atomic E-state index is 13.6. The molecule has 1 aliphatic heterocycles. The molecule has 1 rings (SSSR count). The van der Waals surface area contributed by atoms with Crippen LogP contribution in [0, 0.1) is 17.3 Å². The molecule has 0 aromatic carbocycles. The molecule has 0 bridgehead atoms. The van der Waals surface area contributed by atoms with Gasteiger partial charge in [0.1, 0.15) is 6.04 Å². The smallest absolute Gasteiger partial charge is 0.333 e. The van der Waals surface area contributed by atoms with E-state index in [1.807, 2.05) is 41.7 Å². The number of carbonyl (C=O) groups excluding carboxylic acids is 3. The first-order valence-corrected chi connectivity index (χ1v) is 11.8. The van der Waals surface area contributed by atoms with Gasteiger partial charge in [-0.05, 0) is 51.0 Å². The lowest BCUT2D eigenvalue weighted by atomic mass is 9.84. The van der Waals surface area contributed by atoms with Crippen molar-refractivity contribution in [3.05, 3.63) is 11.6 Å². The van der Waals surface area contributed by atoms with Gasteiger partial charge in [-0.15, -0.1) is 0 Å². The largest absolute Gasteiger partial charge is 0.463 e. The van der Waals surface area contributed by atoms with Crippen molar-refractivity contribution in [2.75, 3.05) is 27.2 Å². The van der Waals surface area contributed by atoms with Gasteiger partial charge in [-0.25, -0.2) is 4.79 Å². The minimum atomic E-state index is -0.676. The molecule has 0 aromatic heterocycles. The summed E-state index contributed by atoms with van der Waals surface area (Å²) < 4.78 is 5.09. The Morgan fingerprint density at radius 2 is 1.81 bits per heavy atom. The van der Waals surface area contributed by atoms with Crippen LogP contribution in [0.1, 0.15) is 68.2 Å². The Kier molecular flexibility index (Phi) is 10.4. The number of esters is 1. The van der Waals surface area contributed by atoms with Crippen LogP contribution in [0.4, 0.5) is 0 Å². The Hall–Kier alpha value is -1.89. The lowest BCUT2D eigenvalue weighted by molar-refractivity contribution is -0.142. The van der Waals surface area contributed by atoms with E-state index in [0.29, 0.717) is 18.1 Å². The van der Waals surface area contributed by atoms with Crippen LogP contribution in [0.15, 0.2) is 11.6 Å². The van der Waals surface area contributed by atoms with Crippen LogP contribution in [-0.4, -0.2) is 73.0 Å². The van der Waals surface area contributed by atoms with Gasteiger partial charge in [0.25, 0.3) is 0 Å². The number of hydrogen-bond donors (Lipinski definition) is 1. The van der Waals surface area contributed by atoms with Crippen LogP contribution < -0.4 is 5.32 Å². The molecule has 0 spiro atoms. The van der Waals surface area contributed by atoms with E-state index in [0.717, 1.165) is 19.4 Å². The fraction of sp³-hybridized carbons (Fsp3) is 0.800. The number of nitrogens with one attached hydrogen (secondary N) is 1. The second-order valence-electron chi connectivity index (χ2n) is 10.7. The first-order chi connectivity index (χ1) is 14.7. The maximum Gasteiger partial charge on any atom is 0.333 e. The standard InChI is InChI=1S/C25H45N3O4/c1-11-32-24(31)18(5)14-20(16(2)3)28(10)23(30)21(25(6,7)8)26-22(29)19-13-12-17(4)15-27(19)9/h14,16-17,19-21H,11-13,15H2,1-10H3,(H,26,29)/b18-14+/t17?,19?,20-,21?/m1/s1. The number of piperidine rings is 1. The highest BCUT2D eigenvalue weighted by Crippen LogP contribution is 2.25. The molecule has 1 N–H and O–H groups in total. The molecular weight excluding hydrogens is 406 g/mol. The van der Waals surface area contributed by atoms with Crippen molar-refractivity contribution in [1.82, 2.24) is 15.1 Å². The number of nitrogens with zero attached hydrogens (tertiary/aromatic N) is 2. The fourth-order valence-corrected chi connectivity index (χ4v) is 4.26. The van der Waals surface area contributed by atoms with Crippen molar-refractivity contribution in [2.24, 2.45) is 17.3 Å². The van der Waals surface area contributed by atoms with E-state index in [4.69, 9.17) is 4.74 Å². The summed E-state index contributed by atoms with van der Waals surface area (Å²) in [4.78, 5) is 42.6. The molecule has 0 aliphatic carbocycles. The molecule has 7 nitrogen and oxygen atoms in total. The quantitative estimate of drug-likeness (QED) is 0.453. The summed E-state index contributed by atoms with van der Waals surface area (Å²) in [5, 5.41) is 3.06. The van der Waals surface area contributed by atoms with Gasteiger partial charge in [0.05, 0.1) is 18.7 Å². The zero-order valence-corrected chi connectivity index (χ0v) is 21.8. The van der Waals surface area contributed by atoms with E-state index in [2.05, 4.69) is 17.1 Å². The predicted octanol–water partition coefficient (Wildman–Crippen LogP) is 3.24. The first-order valence-electron chi connectivity index (χ1n) is 11.8. The highest BCUT2D eigenvalue weighted by molar-refractivity contribution is 5.91. The third kappa shape index (κ3) is 7.61. The second-order valence-corrected chi connectivity index (χ2v) is 10.7. The summed E-state index contributed by atoms with van der Waals surface area (Å²) in [5.41, 5.74) is 0.00247. The molecule has 0 radical (unpaired) electrons. The number of likely N-dealkylation sites (tertiary alicyclic amines) is 1. The molecule has 1 fully saturated rings. The van der Waals surface area contributed by atoms with Crippen molar-refractivity contribution in [1.29, 1.82) is 0 Å². The number of likely N-dealkylation sites (N-methyl/N-ethyl adjacent to an activating group) is 2. The van der Waals surface area contributed by atoms with Gasteiger partial charge in [0.2, 0.25) is 11.8 Å². The molecule has 4 atom stereocenters. The number of carbonyl (C=O) groups is 3. The van der Waals surface area contributed by atoms with Gasteiger partial charge in [0.15, 0.2) is 0 Å². The number of amides is 2. The minimum absolute atomic E-state index is 0.0793. The van der Waals surface area contributed by atoms with Crippen molar-refractivity contribution in [3.8, 4) is 0 Å². The summed E-state index contributed by atoms with van der Waals surface area (Å²) in [5.74, 6) is 0.00556. The zero-order valence-electron chi connectivity index (χ0n) is 21.8. The first kappa shape index (κ1) is 28.1. The van der Waals surface area contributed by atoms with Crippen molar-refractivity contribution < 1.29 is 19.1 Å². The molecule has 1 saturated heterocycles. The molecule has 7 heteroatoms. The third-order valence-electron chi connectivity index (χ3n) is 6.26. The molecular formula is C25H45N3O4. The van der Waals surface area contributed by atoms with Crippen LogP contribution >= 0.6 is 0 Å². The van der Waals surface area contributed by atoms with E-state index < -0.39 is 11.5 Å². The molecule has 1 heterocycles. The van der Waals surface area contributed by atoms with Crippen LogP contribution in [0.5, 0.6) is 0 Å². The van der Waals surface area contributed by atoms with Crippen LogP contribution in [0.3, 0.4) is 0 Å². The predicted molar refractivity (Wildman–Crippen MR) is 128 cm³/mol. The van der Waals surface area contributed by atoms with E-state index in [1.54, 1.807) is 31.9 Å². The number of rotatable bonds is 8. The Morgan fingerprint density at radius 3 is 2.28 bits per heavy atom. The minimum Gasteiger partial charge on any atom is -0.463 e. The van der Waals surface area contributed by atoms with Crippen LogP contribution in [0.25, 0.3) is 0 Å². The van der Waals surface area contributed by atoms with Gasteiger partial charge < -0.3 is 15.0 Å². The number of hydrogen-bond acceptors (Lipinski definition) is 5. The van der Waals surface area contributed by atoms with E-state index in [9.17, 15) is 14.4 Å². The van der Waals surface area contributed by atoms with Gasteiger partial charge in [-0.2, -0.15) is 0 Å². The summed E-state index contributed by atoms with van der Waals surface area (Å²) in [6, 6.07) is -1.20. The molecule has 0 saturated carbocycles. The van der Waals surface area contributed by atoms with E-state index in [1.165, 1.54) is 0 Å². The molecule has 184 valence electrons. The Bertz CT molecular complexity index is 696. The SMILES string of the molecule is CCOC(=O)/C(C)=C/[C@H](C(C)C)N(C)C(=O)C(NC(=O)C1CCC(C)CN1C)C(C)(C)C. The Morgan fingerprint density at radius 1 is 1.22 bits per heavy atom. The van der Waals surface area contributed by atoms with Gasteiger partial charge >= 0.3 is 5.97 Å². The molecule has 0 aromatic rings. The molecule has 2 amide bonds. The van der Waals surface area contributed by atoms with Crippen molar-refractivity contribution in [2.45, 2.75) is 86.4 Å². The maximum atomic E-state index is 13.6. The van der Waals surface area contributed by atoms with Crippen LogP contribution in [-0.2, 0) is 19.1 Å². The van der Waals surface area contributed by atoms with Gasteiger partial charge in [-0.1, -0.05) is 47.6 Å². The topological polar surface area (TPSA) is 79.0 Å². The highest BCUT2D eigenvalue weighted by atomic mass is 16.5. The average molecular weight is 452 g/mol. The van der Waals surface area contributed by atoms with Crippen molar-refractivity contribution >= 4 is 17.8 Å². The zero-order chi connectivity index (χ0) is 24.8. The van der Waals surface area contributed by atoms with Crippen LogP contribution in [0.2, 0.25) is 0 Å². The van der Waals surface area contributed by atoms with E-state index in [-0.39, 0.29) is 35.8 Å². The number of ether oxygens (including phenoxy) is 1. The Balaban J connectivity index is 3.10. The van der Waals surface area contributed by atoms with Crippen molar-refractivity contribution in [3.63, 3.8) is 0 Å². The monoisotopic (exact) mass is 451 g/mol. The Labute approximate surface area is 194 Å². The summed E-state index contributed by atoms with van der Waals surface area (Å²) in [6.45, 7) is 16.7. The lowest BCUT2D eigenvalue weighted by Crippen LogP contribution is -2.60. The van der Waals surface area contributed by atoms with Gasteiger partial charge in [-0.3, -0.25) is 14.5 Å². The third-order valence-corrected chi connectivity index (χ3v) is 6.26. The average Bonchev–Trinajstić information content (AvgIpc) is 2.67. The van der Waals surface area contributed by atoms with E-state index >= 15 is 0 Å². The summed E-state index contributed by atoms with van der Waals surface area (Å²) in [7, 11) is 3.71. The second kappa shape index (κ2) is 11.8. The molecule has 32 heavy (non-hydrogen) atoms. The summed E-state index contributed by atoms with van der Waals surface area (Å²) >= 11 is 0. The highest BCUT2D eigenvalue weighted by Gasteiger charge is 2.39. The normalized spacial score (nSPS) is 22.3. The lowest BCUT2D eigenvalue weighted by Gasteiger charge is -2.40. The fourth-order valence-electron chi connectivity index (χ4n) is 4.26.